The van der Waals surface area contributed by atoms with E-state index in [9.17, 15) is 14.0 Å². The molecule has 4 fully saturated rings. The maximum Gasteiger partial charge on any atom is 0.319 e. The van der Waals surface area contributed by atoms with Crippen LogP contribution in [0.15, 0.2) is 12.1 Å². The van der Waals surface area contributed by atoms with Gasteiger partial charge in [-0.15, -0.1) is 11.3 Å². The number of piperazine rings is 1. The number of anilines is 2. The summed E-state index contributed by atoms with van der Waals surface area (Å²) in [7, 11) is 0. The van der Waals surface area contributed by atoms with Crippen molar-refractivity contribution in [3.8, 4) is 29.0 Å². The Labute approximate surface area is 271 Å². The Morgan fingerprint density at radius 3 is 2.96 bits per heavy atom. The molecule has 7 heterocycles. The third kappa shape index (κ3) is 4.00. The number of ether oxygens (including phenoxy) is 2. The average molecular weight is 668 g/mol. The van der Waals surface area contributed by atoms with E-state index in [1.165, 1.54) is 12.1 Å². The molecule has 5 aliphatic heterocycles. The minimum atomic E-state index is -0.929. The van der Waals surface area contributed by atoms with Crippen LogP contribution in [0.25, 0.3) is 32.1 Å². The highest BCUT2D eigenvalue weighted by Gasteiger charge is 2.50. The second kappa shape index (κ2) is 10.2. The molecule has 46 heavy (non-hydrogen) atoms. The minimum absolute atomic E-state index is 0.0163. The highest BCUT2D eigenvalue weighted by atomic mass is 35.5. The van der Waals surface area contributed by atoms with Crippen molar-refractivity contribution in [2.45, 2.75) is 61.9 Å². The molecular formula is C32H29ClF3N7O2S. The number of nitrogen functional groups attached to an aromatic ring is 1. The first-order valence-corrected chi connectivity index (χ1v) is 16.8. The Hall–Kier alpha value is -3.57. The molecule has 2 aromatic heterocycles. The van der Waals surface area contributed by atoms with Crippen LogP contribution in [0.3, 0.4) is 0 Å². The molecular weight excluding hydrogens is 639 g/mol. The number of nitrogens with zero attached hydrogens (tertiary/aromatic N) is 5. The van der Waals surface area contributed by atoms with Gasteiger partial charge in [0.25, 0.3) is 0 Å². The number of halogens is 4. The average Bonchev–Trinajstić information content (AvgIpc) is 3.76. The summed E-state index contributed by atoms with van der Waals surface area (Å²) in [6.07, 6.45) is 3.16. The van der Waals surface area contributed by atoms with Gasteiger partial charge in [0.05, 0.1) is 32.3 Å². The number of nitrogens with one attached hydrogen (secondary N) is 1. The molecule has 9 nitrogen and oxygen atoms in total. The van der Waals surface area contributed by atoms with Gasteiger partial charge in [-0.25, -0.2) is 13.2 Å². The molecule has 3 N–H and O–H groups in total. The number of benzene rings is 2. The lowest BCUT2D eigenvalue weighted by molar-refractivity contribution is 0.107. The zero-order valence-electron chi connectivity index (χ0n) is 24.6. The van der Waals surface area contributed by atoms with Crippen molar-refractivity contribution in [2.75, 3.05) is 43.5 Å². The predicted molar refractivity (Wildman–Crippen MR) is 170 cm³/mol. The quantitative estimate of drug-likeness (QED) is 0.289. The number of thiophene rings is 1. The SMILES string of the molecule is N#Cc1c(N)sc2c(F)ccc(-c3c(Cl)c4c5c(nc(OC[C@@]67CCCN6C[C@H](F)C7)nc5c3F)N3C[C@H]5CC[C@H](N5)[C@H]3CO4)c12. The molecule has 4 aromatic rings. The smallest absolute Gasteiger partial charge is 0.319 e. The molecule has 5 atom stereocenters. The van der Waals surface area contributed by atoms with Gasteiger partial charge in [-0.2, -0.15) is 15.2 Å². The van der Waals surface area contributed by atoms with E-state index in [4.69, 9.17) is 31.8 Å². The van der Waals surface area contributed by atoms with E-state index < -0.39 is 23.3 Å². The summed E-state index contributed by atoms with van der Waals surface area (Å²) in [5.41, 5.74) is 5.77. The summed E-state index contributed by atoms with van der Waals surface area (Å²) in [5, 5.41) is 14.2. The highest BCUT2D eigenvalue weighted by Crippen LogP contribution is 2.52. The zero-order chi connectivity index (χ0) is 31.5. The highest BCUT2D eigenvalue weighted by molar-refractivity contribution is 7.23. The molecule has 2 aromatic carbocycles. The molecule has 0 unspecified atom stereocenters. The largest absolute Gasteiger partial charge is 0.489 e. The van der Waals surface area contributed by atoms with Crippen LogP contribution >= 0.6 is 22.9 Å². The van der Waals surface area contributed by atoms with Crippen LogP contribution in [-0.4, -0.2) is 77.6 Å². The summed E-state index contributed by atoms with van der Waals surface area (Å²) in [6, 6.07) is 4.91. The molecule has 2 bridgehead atoms. The third-order valence-corrected chi connectivity index (χ3v) is 12.0. The molecule has 4 saturated heterocycles. The van der Waals surface area contributed by atoms with Gasteiger partial charge in [0.1, 0.15) is 47.6 Å². The van der Waals surface area contributed by atoms with E-state index >= 15 is 4.39 Å². The van der Waals surface area contributed by atoms with Crippen molar-refractivity contribution in [1.29, 1.82) is 5.26 Å². The standard InChI is InChI=1S/C32H29ClF3N7O2S/c33-24-22(16-3-4-18(35)28-21(16)17(9-37)29(38)46-28)25(36)26-23-27(24)44-12-20-19-5-2-15(39-19)11-43(20)30(23)41-31(40-26)45-13-32-6-1-7-42(32)10-14(34)8-32/h3-4,14-15,19-20,39H,1-2,5-8,10-13,38H2/t14-,15-,19+,20-,32+/m1/s1. The van der Waals surface area contributed by atoms with Crippen molar-refractivity contribution >= 4 is 54.7 Å². The number of fused-ring (bicyclic) bond motifs is 7. The molecule has 0 amide bonds. The van der Waals surface area contributed by atoms with Gasteiger partial charge in [-0.1, -0.05) is 17.7 Å². The summed E-state index contributed by atoms with van der Waals surface area (Å²) in [6.45, 7) is 2.26. The van der Waals surface area contributed by atoms with Gasteiger partial charge in [0.15, 0.2) is 11.6 Å². The summed E-state index contributed by atoms with van der Waals surface area (Å²) < 4.78 is 59.5. The van der Waals surface area contributed by atoms with Gasteiger partial charge >= 0.3 is 6.01 Å². The number of rotatable bonds is 4. The number of alkyl halides is 1. The predicted octanol–water partition coefficient (Wildman–Crippen LogP) is 5.55. The summed E-state index contributed by atoms with van der Waals surface area (Å²) >= 11 is 7.98. The van der Waals surface area contributed by atoms with Crippen molar-refractivity contribution in [1.82, 2.24) is 20.2 Å². The lowest BCUT2D eigenvalue weighted by Crippen LogP contribution is -2.60. The first-order valence-electron chi connectivity index (χ1n) is 15.6. The Bertz CT molecular complexity index is 2000. The van der Waals surface area contributed by atoms with Crippen molar-refractivity contribution in [3.63, 3.8) is 0 Å². The van der Waals surface area contributed by atoms with Gasteiger partial charge in [-0.05, 0) is 43.9 Å². The topological polar surface area (TPSA) is 113 Å². The van der Waals surface area contributed by atoms with Gasteiger partial charge in [-0.3, -0.25) is 4.90 Å². The molecule has 14 heteroatoms. The maximum absolute atomic E-state index is 17.1. The van der Waals surface area contributed by atoms with E-state index in [1.54, 1.807) is 0 Å². The van der Waals surface area contributed by atoms with Crippen molar-refractivity contribution in [2.24, 2.45) is 0 Å². The van der Waals surface area contributed by atoms with E-state index in [2.05, 4.69) is 20.1 Å². The molecule has 9 rings (SSSR count). The number of nitriles is 1. The summed E-state index contributed by atoms with van der Waals surface area (Å²) in [5.74, 6) is -0.660. The Balaban J connectivity index is 1.26. The van der Waals surface area contributed by atoms with E-state index in [-0.39, 0.29) is 85.4 Å². The second-order valence-corrected chi connectivity index (χ2v) is 14.5. The number of hydrogen-bond donors (Lipinski definition) is 2. The molecule has 0 radical (unpaired) electrons. The maximum atomic E-state index is 17.1. The first-order chi connectivity index (χ1) is 22.3. The fourth-order valence-corrected chi connectivity index (χ4v) is 9.82. The van der Waals surface area contributed by atoms with Gasteiger partial charge < -0.3 is 25.4 Å². The fourth-order valence-electron chi connectivity index (χ4n) is 8.54. The number of nitrogens with two attached hydrogens (primary N) is 1. The monoisotopic (exact) mass is 667 g/mol. The molecule has 238 valence electrons. The lowest BCUT2D eigenvalue weighted by Gasteiger charge is -2.40. The van der Waals surface area contributed by atoms with Gasteiger partial charge in [0.2, 0.25) is 0 Å². The summed E-state index contributed by atoms with van der Waals surface area (Å²) in [4.78, 5) is 13.8. The first kappa shape index (κ1) is 28.6. The number of hydrogen-bond acceptors (Lipinski definition) is 10. The molecule has 0 spiro atoms. The van der Waals surface area contributed by atoms with Crippen LogP contribution in [0.4, 0.5) is 24.0 Å². The van der Waals surface area contributed by atoms with Crippen LogP contribution in [-0.2, 0) is 0 Å². The second-order valence-electron chi connectivity index (χ2n) is 13.1. The fraction of sp³-hybridized carbons (Fsp3) is 0.469. The van der Waals surface area contributed by atoms with E-state index in [0.29, 0.717) is 30.7 Å². The normalized spacial score (nSPS) is 28.3. The molecule has 5 aliphatic rings. The Morgan fingerprint density at radius 2 is 2.11 bits per heavy atom. The lowest BCUT2D eigenvalue weighted by atomic mass is 9.95. The number of aromatic nitrogens is 2. The molecule has 0 saturated carbocycles. The van der Waals surface area contributed by atoms with Crippen LogP contribution < -0.4 is 25.4 Å². The van der Waals surface area contributed by atoms with Crippen LogP contribution in [0.1, 0.15) is 37.7 Å². The van der Waals surface area contributed by atoms with Crippen LogP contribution in [0.2, 0.25) is 5.02 Å². The Morgan fingerprint density at radius 1 is 1.24 bits per heavy atom. The van der Waals surface area contributed by atoms with Crippen molar-refractivity contribution in [3.05, 3.63) is 34.4 Å². The van der Waals surface area contributed by atoms with Crippen molar-refractivity contribution < 1.29 is 22.6 Å². The van der Waals surface area contributed by atoms with E-state index in [1.807, 2.05) is 6.07 Å². The van der Waals surface area contributed by atoms with Gasteiger partial charge in [0, 0.05) is 42.5 Å². The van der Waals surface area contributed by atoms with E-state index in [0.717, 1.165) is 43.6 Å². The van der Waals surface area contributed by atoms with Crippen LogP contribution in [0.5, 0.6) is 11.8 Å². The minimum Gasteiger partial charge on any atom is -0.489 e. The molecule has 0 aliphatic carbocycles. The zero-order valence-corrected chi connectivity index (χ0v) is 26.2. The Kier molecular flexibility index (Phi) is 6.36. The van der Waals surface area contributed by atoms with Crippen LogP contribution in [0, 0.1) is 23.0 Å². The third-order valence-electron chi connectivity index (χ3n) is 10.6.